The Morgan fingerprint density at radius 3 is 2.87 bits per heavy atom. The van der Waals surface area contributed by atoms with Crippen LogP contribution in [0.4, 0.5) is 0 Å². The number of aliphatic carboxylic acids is 1. The fourth-order valence-corrected chi connectivity index (χ4v) is 4.02. The molecule has 1 amide bonds. The fourth-order valence-electron chi connectivity index (χ4n) is 3.27. The number of rotatable bonds is 4. The maximum absolute atomic E-state index is 12.9. The van der Waals surface area contributed by atoms with Crippen molar-refractivity contribution < 1.29 is 14.7 Å². The Kier molecular flexibility index (Phi) is 4.21. The van der Waals surface area contributed by atoms with E-state index < -0.39 is 5.97 Å². The van der Waals surface area contributed by atoms with Crippen LogP contribution in [-0.4, -0.2) is 44.0 Å². The van der Waals surface area contributed by atoms with Gasteiger partial charge in [-0.25, -0.2) is 4.98 Å². The summed E-state index contributed by atoms with van der Waals surface area (Å²) in [6.07, 6.45) is 3.36. The molecule has 1 unspecified atom stereocenters. The molecule has 122 valence electrons. The van der Waals surface area contributed by atoms with Crippen LogP contribution < -0.4 is 0 Å². The van der Waals surface area contributed by atoms with Crippen molar-refractivity contribution in [3.63, 3.8) is 0 Å². The van der Waals surface area contributed by atoms with Gasteiger partial charge >= 0.3 is 5.97 Å². The Morgan fingerprint density at radius 1 is 1.43 bits per heavy atom. The van der Waals surface area contributed by atoms with Crippen LogP contribution in [0.1, 0.15) is 41.0 Å². The zero-order chi connectivity index (χ0) is 16.6. The Hall–Kier alpha value is -2.15. The Bertz CT molecular complexity index is 736. The van der Waals surface area contributed by atoms with Gasteiger partial charge in [-0.3, -0.25) is 14.2 Å². The molecule has 1 N–H and O–H groups in total. The molecule has 1 fully saturated rings. The van der Waals surface area contributed by atoms with Gasteiger partial charge < -0.3 is 10.0 Å². The Balaban J connectivity index is 1.91. The summed E-state index contributed by atoms with van der Waals surface area (Å²) >= 11 is 1.52. The first kappa shape index (κ1) is 15.7. The van der Waals surface area contributed by atoms with Crippen molar-refractivity contribution in [2.45, 2.75) is 39.2 Å². The molecular formula is C16H19N3O3S. The van der Waals surface area contributed by atoms with Gasteiger partial charge in [0.05, 0.1) is 12.0 Å². The molecule has 1 saturated heterocycles. The van der Waals surface area contributed by atoms with Crippen LogP contribution in [0.5, 0.6) is 0 Å². The Labute approximate surface area is 138 Å². The molecule has 1 atom stereocenters. The molecule has 1 aliphatic rings. The van der Waals surface area contributed by atoms with Crippen LogP contribution in [-0.2, 0) is 4.79 Å². The highest BCUT2D eigenvalue weighted by Crippen LogP contribution is 2.27. The molecule has 3 heterocycles. The lowest BCUT2D eigenvalue weighted by atomic mass is 10.1. The molecule has 0 saturated carbocycles. The first-order valence-electron chi connectivity index (χ1n) is 7.60. The average Bonchev–Trinajstić information content (AvgIpc) is 3.19. The van der Waals surface area contributed by atoms with Crippen LogP contribution in [0, 0.1) is 13.8 Å². The number of likely N-dealkylation sites (tertiary alicyclic amines) is 1. The van der Waals surface area contributed by atoms with E-state index in [0.717, 1.165) is 29.4 Å². The molecule has 1 aliphatic heterocycles. The smallest absolute Gasteiger partial charge is 0.305 e. The van der Waals surface area contributed by atoms with E-state index in [1.54, 1.807) is 11.1 Å². The van der Waals surface area contributed by atoms with Crippen molar-refractivity contribution in [1.29, 1.82) is 0 Å². The van der Waals surface area contributed by atoms with Gasteiger partial charge in [0.2, 0.25) is 0 Å². The number of aryl methyl sites for hydroxylation is 1. The lowest BCUT2D eigenvalue weighted by molar-refractivity contribution is -0.137. The third kappa shape index (κ3) is 2.88. The lowest BCUT2D eigenvalue weighted by Gasteiger charge is -2.23. The van der Waals surface area contributed by atoms with Crippen molar-refractivity contribution in [3.05, 3.63) is 34.6 Å². The zero-order valence-electron chi connectivity index (χ0n) is 13.2. The molecule has 0 aliphatic carbocycles. The number of hydrogen-bond acceptors (Lipinski definition) is 4. The van der Waals surface area contributed by atoms with Gasteiger partial charge in [0, 0.05) is 35.6 Å². The fraction of sp³-hybridized carbons (Fsp3) is 0.438. The summed E-state index contributed by atoms with van der Waals surface area (Å²) in [4.78, 5) is 29.9. The summed E-state index contributed by atoms with van der Waals surface area (Å²) in [5.41, 5.74) is 2.44. The van der Waals surface area contributed by atoms with E-state index in [0.29, 0.717) is 12.1 Å². The number of nitrogens with zero attached hydrogens (tertiary/aromatic N) is 3. The number of carbonyl (C=O) groups excluding carboxylic acids is 1. The van der Waals surface area contributed by atoms with Crippen molar-refractivity contribution in [3.8, 4) is 5.13 Å². The third-order valence-corrected chi connectivity index (χ3v) is 5.08. The summed E-state index contributed by atoms with van der Waals surface area (Å²) in [6.45, 7) is 4.48. The molecule has 0 aromatic carbocycles. The molecule has 0 bridgehead atoms. The number of carbonyl (C=O) groups is 2. The van der Waals surface area contributed by atoms with Crippen molar-refractivity contribution in [2.75, 3.05) is 6.54 Å². The second kappa shape index (κ2) is 6.16. The first-order valence-corrected chi connectivity index (χ1v) is 8.48. The average molecular weight is 333 g/mol. The van der Waals surface area contributed by atoms with Crippen molar-refractivity contribution in [1.82, 2.24) is 14.5 Å². The monoisotopic (exact) mass is 333 g/mol. The summed E-state index contributed by atoms with van der Waals surface area (Å²) < 4.78 is 1.97. The van der Waals surface area contributed by atoms with E-state index >= 15 is 0 Å². The first-order chi connectivity index (χ1) is 11.0. The molecule has 6 nitrogen and oxygen atoms in total. The number of thiazole rings is 1. The van der Waals surface area contributed by atoms with E-state index in [1.807, 2.05) is 29.9 Å². The topological polar surface area (TPSA) is 75.4 Å². The molecule has 2 aromatic heterocycles. The standard InChI is InChI=1S/C16H19N3O3S/c1-10-8-13(11(2)19(10)16-17-5-7-23-16)15(22)18-6-3-4-12(18)9-14(20)21/h5,7-8,12H,3-4,6,9H2,1-2H3,(H,20,21). The molecular weight excluding hydrogens is 314 g/mol. The second-order valence-corrected chi connectivity index (χ2v) is 6.70. The van der Waals surface area contributed by atoms with Crippen LogP contribution in [0.15, 0.2) is 17.6 Å². The molecule has 7 heteroatoms. The predicted octanol–water partition coefficient (Wildman–Crippen LogP) is 2.63. The maximum Gasteiger partial charge on any atom is 0.305 e. The second-order valence-electron chi connectivity index (χ2n) is 5.83. The molecule has 23 heavy (non-hydrogen) atoms. The highest BCUT2D eigenvalue weighted by Gasteiger charge is 2.32. The predicted molar refractivity (Wildman–Crippen MR) is 87.2 cm³/mol. The lowest BCUT2D eigenvalue weighted by Crippen LogP contribution is -2.37. The minimum atomic E-state index is -0.858. The van der Waals surface area contributed by atoms with Crippen molar-refractivity contribution >= 4 is 23.2 Å². The normalized spacial score (nSPS) is 17.7. The van der Waals surface area contributed by atoms with Crippen LogP contribution in [0.2, 0.25) is 0 Å². The molecule has 0 spiro atoms. The number of hydrogen-bond donors (Lipinski definition) is 1. The van der Waals surface area contributed by atoms with E-state index in [2.05, 4.69) is 4.98 Å². The quantitative estimate of drug-likeness (QED) is 0.933. The summed E-state index contributed by atoms with van der Waals surface area (Å²) in [6, 6.07) is 1.66. The van der Waals surface area contributed by atoms with Crippen molar-refractivity contribution in [2.24, 2.45) is 0 Å². The number of aromatic nitrogens is 2. The van der Waals surface area contributed by atoms with Gasteiger partial charge in [0.1, 0.15) is 0 Å². The number of carboxylic acid groups (broad SMARTS) is 1. The Morgan fingerprint density at radius 2 is 2.22 bits per heavy atom. The van der Waals surface area contributed by atoms with Gasteiger partial charge in [-0.15, -0.1) is 11.3 Å². The molecule has 0 radical (unpaired) electrons. The van der Waals surface area contributed by atoms with E-state index in [-0.39, 0.29) is 18.4 Å². The van der Waals surface area contributed by atoms with Gasteiger partial charge in [-0.2, -0.15) is 0 Å². The minimum absolute atomic E-state index is 0.0109. The molecule has 3 rings (SSSR count). The van der Waals surface area contributed by atoms with Gasteiger partial charge in [-0.1, -0.05) is 0 Å². The van der Waals surface area contributed by atoms with E-state index in [9.17, 15) is 9.59 Å². The van der Waals surface area contributed by atoms with E-state index in [1.165, 1.54) is 11.3 Å². The zero-order valence-corrected chi connectivity index (χ0v) is 14.0. The van der Waals surface area contributed by atoms with Crippen LogP contribution >= 0.6 is 11.3 Å². The highest BCUT2D eigenvalue weighted by molar-refractivity contribution is 7.12. The number of amides is 1. The van der Waals surface area contributed by atoms with Crippen LogP contribution in [0.25, 0.3) is 5.13 Å². The van der Waals surface area contributed by atoms with Gasteiger partial charge in [-0.05, 0) is 32.8 Å². The minimum Gasteiger partial charge on any atom is -0.481 e. The highest BCUT2D eigenvalue weighted by atomic mass is 32.1. The van der Waals surface area contributed by atoms with Gasteiger partial charge in [0.15, 0.2) is 5.13 Å². The molecule has 2 aromatic rings. The maximum atomic E-state index is 12.9. The van der Waals surface area contributed by atoms with E-state index in [4.69, 9.17) is 5.11 Å². The summed E-state index contributed by atoms with van der Waals surface area (Å²) in [7, 11) is 0. The van der Waals surface area contributed by atoms with Crippen LogP contribution in [0.3, 0.4) is 0 Å². The summed E-state index contributed by atoms with van der Waals surface area (Å²) in [5, 5.41) is 11.8. The largest absolute Gasteiger partial charge is 0.481 e. The summed E-state index contributed by atoms with van der Waals surface area (Å²) in [5.74, 6) is -0.937. The third-order valence-electron chi connectivity index (χ3n) is 4.32. The SMILES string of the molecule is Cc1cc(C(=O)N2CCCC2CC(=O)O)c(C)n1-c1nccs1. The number of carboxylic acids is 1. The van der Waals surface area contributed by atoms with Gasteiger partial charge in [0.25, 0.3) is 5.91 Å².